The number of carbonyl (C=O) groups is 1. The molecule has 94 valence electrons. The Morgan fingerprint density at radius 3 is 2.50 bits per heavy atom. The Morgan fingerprint density at radius 1 is 1.33 bits per heavy atom. The molecule has 0 saturated heterocycles. The molecule has 0 aliphatic carbocycles. The van der Waals surface area contributed by atoms with Gasteiger partial charge in [-0.2, -0.15) is 0 Å². The fourth-order valence-corrected chi connectivity index (χ4v) is 1.72. The number of nitrogens with two attached hydrogens (primary N) is 1. The maximum atomic E-state index is 12.0. The molecule has 18 heavy (non-hydrogen) atoms. The molecular formula is C12H13N3O3. The van der Waals surface area contributed by atoms with Crippen LogP contribution in [0.4, 0.5) is 5.69 Å². The van der Waals surface area contributed by atoms with E-state index in [1.165, 1.54) is 18.8 Å². The first-order chi connectivity index (χ1) is 8.54. The molecule has 0 fully saturated rings. The van der Waals surface area contributed by atoms with E-state index in [4.69, 9.17) is 5.73 Å². The molecule has 0 unspecified atom stereocenters. The molecule has 0 aliphatic rings. The quantitative estimate of drug-likeness (QED) is 0.605. The number of aromatic nitrogens is 2. The number of aryl methyl sites for hydroxylation is 1. The van der Waals surface area contributed by atoms with Crippen molar-refractivity contribution in [1.82, 2.24) is 9.78 Å². The fraction of sp³-hybridized carbons (Fsp3) is 0.167. The second-order valence-electron chi connectivity index (χ2n) is 3.84. The van der Waals surface area contributed by atoms with Gasteiger partial charge in [0.25, 0.3) is 5.56 Å². The number of nitrogens with zero attached hydrogens (tertiary/aromatic N) is 1. The van der Waals surface area contributed by atoms with Crippen LogP contribution < -0.4 is 11.3 Å². The first kappa shape index (κ1) is 12.0. The van der Waals surface area contributed by atoms with Gasteiger partial charge < -0.3 is 10.5 Å². The van der Waals surface area contributed by atoms with E-state index in [1.54, 1.807) is 24.3 Å². The monoisotopic (exact) mass is 247 g/mol. The van der Waals surface area contributed by atoms with E-state index >= 15 is 0 Å². The van der Waals surface area contributed by atoms with Gasteiger partial charge >= 0.3 is 5.97 Å². The van der Waals surface area contributed by atoms with Crippen molar-refractivity contribution in [1.29, 1.82) is 0 Å². The van der Waals surface area contributed by atoms with Crippen LogP contribution in [0.1, 0.15) is 10.5 Å². The minimum atomic E-state index is -0.584. The van der Waals surface area contributed by atoms with Gasteiger partial charge in [-0.1, -0.05) is 12.1 Å². The van der Waals surface area contributed by atoms with Gasteiger partial charge in [0, 0.05) is 12.7 Å². The molecule has 1 heterocycles. The lowest BCUT2D eigenvalue weighted by molar-refractivity contribution is 0.0594. The number of nitrogens with one attached hydrogen (secondary N) is 1. The largest absolute Gasteiger partial charge is 0.464 e. The van der Waals surface area contributed by atoms with Gasteiger partial charge in [-0.25, -0.2) is 4.79 Å². The number of aromatic amines is 1. The lowest BCUT2D eigenvalue weighted by Gasteiger charge is -2.01. The summed E-state index contributed by atoms with van der Waals surface area (Å²) in [6, 6.07) is 6.71. The van der Waals surface area contributed by atoms with Crippen LogP contribution in [-0.4, -0.2) is 22.9 Å². The van der Waals surface area contributed by atoms with Crippen molar-refractivity contribution in [2.24, 2.45) is 7.05 Å². The highest BCUT2D eigenvalue weighted by molar-refractivity contribution is 5.95. The van der Waals surface area contributed by atoms with Gasteiger partial charge in [-0.3, -0.25) is 14.6 Å². The zero-order chi connectivity index (χ0) is 13.3. The number of carbonyl (C=O) groups excluding carboxylic acids is 1. The molecule has 1 aromatic carbocycles. The second-order valence-corrected chi connectivity index (χ2v) is 3.84. The van der Waals surface area contributed by atoms with Crippen LogP contribution in [0, 0.1) is 0 Å². The Bertz CT molecular complexity index is 638. The van der Waals surface area contributed by atoms with E-state index in [1.807, 2.05) is 0 Å². The molecule has 3 N–H and O–H groups in total. The summed E-state index contributed by atoms with van der Waals surface area (Å²) in [6.45, 7) is 0. The zero-order valence-corrected chi connectivity index (χ0v) is 10.1. The zero-order valence-electron chi connectivity index (χ0n) is 10.1. The van der Waals surface area contributed by atoms with Crippen LogP contribution in [0.15, 0.2) is 29.1 Å². The average molecular weight is 247 g/mol. The lowest BCUT2D eigenvalue weighted by Crippen LogP contribution is -2.13. The van der Waals surface area contributed by atoms with E-state index in [-0.39, 0.29) is 16.8 Å². The smallest absolute Gasteiger partial charge is 0.356 e. The Labute approximate surface area is 103 Å². The molecule has 0 radical (unpaired) electrons. The van der Waals surface area contributed by atoms with Crippen molar-refractivity contribution < 1.29 is 9.53 Å². The summed E-state index contributed by atoms with van der Waals surface area (Å²) in [7, 11) is 2.80. The van der Waals surface area contributed by atoms with Crippen LogP contribution in [0.3, 0.4) is 0 Å². The number of hydrogen-bond acceptors (Lipinski definition) is 4. The van der Waals surface area contributed by atoms with E-state index in [9.17, 15) is 9.59 Å². The number of ether oxygens (including phenoxy) is 1. The standard InChI is InChI=1S/C12H13N3O3/c1-15-11(16)9(10(14-15)12(17)18-2)7-3-5-8(13)6-4-7/h3-6,14H,13H2,1-2H3. The predicted octanol–water partition coefficient (Wildman–Crippen LogP) is 0.749. The highest BCUT2D eigenvalue weighted by atomic mass is 16.5. The molecule has 6 heteroatoms. The number of rotatable bonds is 2. The van der Waals surface area contributed by atoms with E-state index in [0.29, 0.717) is 11.3 Å². The van der Waals surface area contributed by atoms with Crippen LogP contribution >= 0.6 is 0 Å². The van der Waals surface area contributed by atoms with E-state index < -0.39 is 5.97 Å². The Kier molecular flexibility index (Phi) is 2.93. The number of anilines is 1. The van der Waals surface area contributed by atoms with Crippen molar-refractivity contribution in [2.45, 2.75) is 0 Å². The van der Waals surface area contributed by atoms with Crippen LogP contribution in [0.5, 0.6) is 0 Å². The molecule has 2 rings (SSSR count). The van der Waals surface area contributed by atoms with Crippen molar-refractivity contribution in [3.05, 3.63) is 40.3 Å². The van der Waals surface area contributed by atoms with Gasteiger partial charge in [0.2, 0.25) is 0 Å². The summed E-state index contributed by atoms with van der Waals surface area (Å²) in [5, 5.41) is 2.68. The SMILES string of the molecule is COC(=O)c1[nH]n(C)c(=O)c1-c1ccc(N)cc1. The Morgan fingerprint density at radius 2 is 1.94 bits per heavy atom. The van der Waals surface area contributed by atoms with Gasteiger partial charge in [0.1, 0.15) is 0 Å². The molecule has 0 aliphatic heterocycles. The molecule has 0 bridgehead atoms. The summed E-state index contributed by atoms with van der Waals surface area (Å²) in [5.74, 6) is -0.584. The van der Waals surface area contributed by atoms with E-state index in [2.05, 4.69) is 9.84 Å². The van der Waals surface area contributed by atoms with Gasteiger partial charge in [-0.15, -0.1) is 0 Å². The third kappa shape index (κ3) is 1.88. The van der Waals surface area contributed by atoms with Crippen molar-refractivity contribution in [3.8, 4) is 11.1 Å². The minimum Gasteiger partial charge on any atom is -0.464 e. The number of H-pyrrole nitrogens is 1. The van der Waals surface area contributed by atoms with Crippen molar-refractivity contribution in [2.75, 3.05) is 12.8 Å². The number of hydrogen-bond donors (Lipinski definition) is 2. The normalized spacial score (nSPS) is 10.3. The van der Waals surface area contributed by atoms with Gasteiger partial charge in [-0.05, 0) is 17.7 Å². The summed E-state index contributed by atoms with van der Waals surface area (Å²) < 4.78 is 5.88. The highest BCUT2D eigenvalue weighted by Gasteiger charge is 2.20. The molecule has 0 atom stereocenters. The van der Waals surface area contributed by atoms with Gasteiger partial charge in [0.05, 0.1) is 12.7 Å². The molecular weight excluding hydrogens is 234 g/mol. The molecule has 0 spiro atoms. The maximum absolute atomic E-state index is 12.0. The third-order valence-corrected chi connectivity index (χ3v) is 2.64. The number of nitrogen functional groups attached to an aromatic ring is 1. The number of methoxy groups -OCH3 is 1. The summed E-state index contributed by atoms with van der Waals surface area (Å²) in [5.41, 5.74) is 6.92. The average Bonchev–Trinajstić information content (AvgIpc) is 2.66. The molecule has 2 aromatic rings. The van der Waals surface area contributed by atoms with E-state index in [0.717, 1.165) is 0 Å². The topological polar surface area (TPSA) is 90.1 Å². The van der Waals surface area contributed by atoms with Crippen LogP contribution in [0.2, 0.25) is 0 Å². The summed E-state index contributed by atoms with van der Waals surface area (Å²) >= 11 is 0. The summed E-state index contributed by atoms with van der Waals surface area (Å²) in [4.78, 5) is 23.6. The first-order valence-electron chi connectivity index (χ1n) is 5.28. The minimum absolute atomic E-state index is 0.134. The molecule has 1 aromatic heterocycles. The van der Waals surface area contributed by atoms with Crippen molar-refractivity contribution in [3.63, 3.8) is 0 Å². The van der Waals surface area contributed by atoms with Crippen LogP contribution in [-0.2, 0) is 11.8 Å². The fourth-order valence-electron chi connectivity index (χ4n) is 1.72. The summed E-state index contributed by atoms with van der Waals surface area (Å²) in [6.07, 6.45) is 0. The Balaban J connectivity index is 2.66. The molecule has 0 saturated carbocycles. The van der Waals surface area contributed by atoms with Crippen molar-refractivity contribution >= 4 is 11.7 Å². The third-order valence-electron chi connectivity index (χ3n) is 2.64. The van der Waals surface area contributed by atoms with Gasteiger partial charge in [0.15, 0.2) is 5.69 Å². The lowest BCUT2D eigenvalue weighted by atomic mass is 10.1. The second kappa shape index (κ2) is 4.40. The number of benzene rings is 1. The van der Waals surface area contributed by atoms with Crippen LogP contribution in [0.25, 0.3) is 11.1 Å². The predicted molar refractivity (Wildman–Crippen MR) is 67.2 cm³/mol. The Hall–Kier alpha value is -2.50. The molecule has 0 amide bonds. The highest BCUT2D eigenvalue weighted by Crippen LogP contribution is 2.20. The molecule has 6 nitrogen and oxygen atoms in total. The number of esters is 1. The maximum Gasteiger partial charge on any atom is 0.356 e. The first-order valence-corrected chi connectivity index (χ1v) is 5.28.